The zero-order chi connectivity index (χ0) is 19.7. The molecule has 0 nitrogen and oxygen atoms in total. The van der Waals surface area contributed by atoms with Crippen molar-refractivity contribution in [3.8, 4) is 0 Å². The first-order chi connectivity index (χ1) is 13.4. The maximum absolute atomic E-state index is 2.43. The minimum absolute atomic E-state index is 1.31. The summed E-state index contributed by atoms with van der Waals surface area (Å²) in [6.45, 7) is 4.59. The van der Waals surface area contributed by atoms with E-state index in [1.165, 1.54) is 148 Å². The van der Waals surface area contributed by atoms with E-state index in [1.54, 1.807) is 0 Å². The standard InChI is InChI=1S/C27H54/c1-3-5-7-9-11-13-15-17-19-21-23-25-27-26-24-22-20-18-16-14-12-10-8-6-4-2/h15,17H,3-14,16,18-27H2,1-2H3/b17-15-. The molecule has 0 atom stereocenters. The summed E-state index contributed by atoms with van der Waals surface area (Å²) in [5, 5.41) is 0. The lowest BCUT2D eigenvalue weighted by Crippen LogP contribution is -1.83. The molecular weight excluding hydrogens is 324 g/mol. The molecule has 0 saturated carbocycles. The van der Waals surface area contributed by atoms with Gasteiger partial charge in [0.1, 0.15) is 0 Å². The first-order valence-corrected chi connectivity index (χ1v) is 13.1. The SMILES string of the molecule is CCCCCCC/C=C\CCCCCCCCCCCCCCCCCC. The Kier molecular flexibility index (Phi) is 25.5. The highest BCUT2D eigenvalue weighted by Crippen LogP contribution is 2.14. The monoisotopic (exact) mass is 378 g/mol. The Bertz CT molecular complexity index is 265. The second-order valence-electron chi connectivity index (χ2n) is 8.77. The van der Waals surface area contributed by atoms with Gasteiger partial charge in [-0.25, -0.2) is 0 Å². The van der Waals surface area contributed by atoms with Crippen LogP contribution in [0.4, 0.5) is 0 Å². The third kappa shape index (κ3) is 25.7. The average Bonchev–Trinajstić information content (AvgIpc) is 2.68. The number of allylic oxidation sites excluding steroid dienone is 2. The topological polar surface area (TPSA) is 0 Å². The molecule has 0 aliphatic heterocycles. The van der Waals surface area contributed by atoms with Crippen molar-refractivity contribution in [3.05, 3.63) is 12.2 Å². The Labute approximate surface area is 174 Å². The Morgan fingerprint density at radius 3 is 0.778 bits per heavy atom. The maximum Gasteiger partial charge on any atom is -0.0351 e. The molecular formula is C27H54. The van der Waals surface area contributed by atoms with Crippen molar-refractivity contribution < 1.29 is 0 Å². The third-order valence-corrected chi connectivity index (χ3v) is 5.87. The summed E-state index contributed by atoms with van der Waals surface area (Å²) in [5.74, 6) is 0. The van der Waals surface area contributed by atoms with Crippen LogP contribution in [-0.2, 0) is 0 Å². The van der Waals surface area contributed by atoms with E-state index in [-0.39, 0.29) is 0 Å². The Morgan fingerprint density at radius 2 is 0.519 bits per heavy atom. The quantitative estimate of drug-likeness (QED) is 0.122. The zero-order valence-electron chi connectivity index (χ0n) is 19.4. The van der Waals surface area contributed by atoms with Crippen LogP contribution in [0.1, 0.15) is 162 Å². The summed E-state index contributed by atoms with van der Waals surface area (Å²) in [6.07, 6.45) is 37.9. The van der Waals surface area contributed by atoms with E-state index in [9.17, 15) is 0 Å². The van der Waals surface area contributed by atoms with Crippen LogP contribution < -0.4 is 0 Å². The van der Waals surface area contributed by atoms with Gasteiger partial charge in [0.25, 0.3) is 0 Å². The van der Waals surface area contributed by atoms with Gasteiger partial charge in [-0.05, 0) is 25.7 Å². The second kappa shape index (κ2) is 25.7. The predicted molar refractivity (Wildman–Crippen MR) is 127 cm³/mol. The molecule has 162 valence electrons. The van der Waals surface area contributed by atoms with E-state index in [0.717, 1.165) is 0 Å². The van der Waals surface area contributed by atoms with Crippen LogP contribution in [0.25, 0.3) is 0 Å². The van der Waals surface area contributed by atoms with Crippen LogP contribution in [0.3, 0.4) is 0 Å². The minimum atomic E-state index is 1.31. The molecule has 0 fully saturated rings. The van der Waals surface area contributed by atoms with Crippen molar-refractivity contribution in [2.75, 3.05) is 0 Å². The van der Waals surface area contributed by atoms with Crippen molar-refractivity contribution in [3.63, 3.8) is 0 Å². The highest BCUT2D eigenvalue weighted by Gasteiger charge is 1.94. The van der Waals surface area contributed by atoms with Crippen molar-refractivity contribution in [1.29, 1.82) is 0 Å². The Morgan fingerprint density at radius 1 is 0.296 bits per heavy atom. The number of unbranched alkanes of at least 4 members (excludes halogenated alkanes) is 21. The van der Waals surface area contributed by atoms with E-state index in [1.807, 2.05) is 0 Å². The largest absolute Gasteiger partial charge is 0.0885 e. The first kappa shape index (κ1) is 26.7. The fourth-order valence-corrected chi connectivity index (χ4v) is 3.91. The van der Waals surface area contributed by atoms with Crippen molar-refractivity contribution in [2.24, 2.45) is 0 Å². The zero-order valence-corrected chi connectivity index (χ0v) is 19.4. The lowest BCUT2D eigenvalue weighted by Gasteiger charge is -2.03. The first-order valence-electron chi connectivity index (χ1n) is 13.1. The predicted octanol–water partition coefficient (Wildman–Crippen LogP) is 10.6. The fourth-order valence-electron chi connectivity index (χ4n) is 3.91. The van der Waals surface area contributed by atoms with Crippen LogP contribution >= 0.6 is 0 Å². The van der Waals surface area contributed by atoms with Gasteiger partial charge in [0.15, 0.2) is 0 Å². The van der Waals surface area contributed by atoms with Crippen molar-refractivity contribution in [2.45, 2.75) is 162 Å². The molecule has 0 aromatic rings. The molecule has 0 aliphatic carbocycles. The van der Waals surface area contributed by atoms with Crippen LogP contribution in [0.5, 0.6) is 0 Å². The van der Waals surface area contributed by atoms with Crippen molar-refractivity contribution in [1.82, 2.24) is 0 Å². The lowest BCUT2D eigenvalue weighted by atomic mass is 10.0. The van der Waals surface area contributed by atoms with Crippen molar-refractivity contribution >= 4 is 0 Å². The molecule has 0 aromatic heterocycles. The second-order valence-corrected chi connectivity index (χ2v) is 8.77. The maximum atomic E-state index is 2.43. The average molecular weight is 379 g/mol. The van der Waals surface area contributed by atoms with Crippen LogP contribution in [0.2, 0.25) is 0 Å². The van der Waals surface area contributed by atoms with E-state index >= 15 is 0 Å². The van der Waals surface area contributed by atoms with Gasteiger partial charge in [-0.3, -0.25) is 0 Å². The third-order valence-electron chi connectivity index (χ3n) is 5.87. The molecule has 0 spiro atoms. The van der Waals surface area contributed by atoms with Gasteiger partial charge >= 0.3 is 0 Å². The van der Waals surface area contributed by atoms with E-state index in [0.29, 0.717) is 0 Å². The number of rotatable bonds is 23. The summed E-state index contributed by atoms with van der Waals surface area (Å²) in [7, 11) is 0. The Hall–Kier alpha value is -0.260. The van der Waals surface area contributed by atoms with Gasteiger partial charge in [-0.15, -0.1) is 0 Å². The molecule has 0 amide bonds. The van der Waals surface area contributed by atoms with E-state index in [4.69, 9.17) is 0 Å². The summed E-state index contributed by atoms with van der Waals surface area (Å²) >= 11 is 0. The van der Waals surface area contributed by atoms with Gasteiger partial charge in [0.05, 0.1) is 0 Å². The number of hydrogen-bond acceptors (Lipinski definition) is 0. The Balaban J connectivity index is 3.02. The molecule has 0 bridgehead atoms. The molecule has 0 heteroatoms. The summed E-state index contributed by atoms with van der Waals surface area (Å²) in [5.41, 5.74) is 0. The van der Waals surface area contributed by atoms with Crippen LogP contribution in [0, 0.1) is 0 Å². The van der Waals surface area contributed by atoms with Gasteiger partial charge in [0, 0.05) is 0 Å². The molecule has 0 rings (SSSR count). The normalized spacial score (nSPS) is 11.6. The van der Waals surface area contributed by atoms with E-state index < -0.39 is 0 Å². The van der Waals surface area contributed by atoms with Crippen LogP contribution in [-0.4, -0.2) is 0 Å². The fraction of sp³-hybridized carbons (Fsp3) is 0.926. The van der Waals surface area contributed by atoms with Crippen LogP contribution in [0.15, 0.2) is 12.2 Å². The molecule has 0 aromatic carbocycles. The van der Waals surface area contributed by atoms with Gasteiger partial charge in [-0.2, -0.15) is 0 Å². The molecule has 0 heterocycles. The highest BCUT2D eigenvalue weighted by molar-refractivity contribution is 4.81. The molecule has 0 saturated heterocycles. The summed E-state index contributed by atoms with van der Waals surface area (Å²) in [4.78, 5) is 0. The van der Waals surface area contributed by atoms with Gasteiger partial charge < -0.3 is 0 Å². The molecule has 0 unspecified atom stereocenters. The smallest absolute Gasteiger partial charge is 0.0351 e. The minimum Gasteiger partial charge on any atom is -0.0885 e. The molecule has 0 N–H and O–H groups in total. The molecule has 0 radical (unpaired) electrons. The number of hydrogen-bond donors (Lipinski definition) is 0. The summed E-state index contributed by atoms with van der Waals surface area (Å²) in [6, 6.07) is 0. The highest BCUT2D eigenvalue weighted by atomic mass is 14.0. The van der Waals surface area contributed by atoms with Gasteiger partial charge in [-0.1, -0.05) is 148 Å². The molecule has 27 heavy (non-hydrogen) atoms. The summed E-state index contributed by atoms with van der Waals surface area (Å²) < 4.78 is 0. The lowest BCUT2D eigenvalue weighted by molar-refractivity contribution is 0.530. The van der Waals surface area contributed by atoms with Gasteiger partial charge in [0.2, 0.25) is 0 Å². The van der Waals surface area contributed by atoms with E-state index in [2.05, 4.69) is 26.0 Å². The molecule has 0 aliphatic rings.